The van der Waals surface area contributed by atoms with Crippen LogP contribution in [0.5, 0.6) is 11.5 Å². The minimum absolute atomic E-state index is 0.0685. The zero-order valence-corrected chi connectivity index (χ0v) is 19.3. The van der Waals surface area contributed by atoms with Crippen LogP contribution in [0.15, 0.2) is 42.5 Å². The highest BCUT2D eigenvalue weighted by Crippen LogP contribution is 2.30. The molecule has 3 amide bonds. The summed E-state index contributed by atoms with van der Waals surface area (Å²) in [5, 5.41) is 5.95. The summed E-state index contributed by atoms with van der Waals surface area (Å²) in [7, 11) is 3.33. The van der Waals surface area contributed by atoms with E-state index >= 15 is 0 Å². The molecule has 33 heavy (non-hydrogen) atoms. The minimum Gasteiger partial charge on any atom is -0.497 e. The summed E-state index contributed by atoms with van der Waals surface area (Å²) in [6, 6.07) is 13.4. The maximum Gasteiger partial charge on any atom is 0.317 e. The van der Waals surface area contributed by atoms with Crippen LogP contribution in [0.25, 0.3) is 0 Å². The number of hydrogen-bond acceptors (Lipinski definition) is 5. The normalized spacial score (nSPS) is 16.2. The van der Waals surface area contributed by atoms with E-state index in [9.17, 15) is 9.59 Å². The van der Waals surface area contributed by atoms with Gasteiger partial charge >= 0.3 is 6.03 Å². The van der Waals surface area contributed by atoms with Gasteiger partial charge in [0.2, 0.25) is 5.91 Å². The van der Waals surface area contributed by atoms with Gasteiger partial charge in [-0.05, 0) is 48.7 Å². The molecule has 1 aliphatic carbocycles. The number of hydrogen-bond donors (Lipinski definition) is 2. The number of carbonyl (C=O) groups excluding carboxylic acids is 2. The van der Waals surface area contributed by atoms with Gasteiger partial charge in [-0.15, -0.1) is 0 Å². The van der Waals surface area contributed by atoms with Crippen molar-refractivity contribution in [2.45, 2.75) is 25.9 Å². The SMILES string of the molecule is COc1ccc(OC)c(CN2CCN(C(=O)NCc3cccc(NC(=O)C4CC4)c3)CC2)c1. The van der Waals surface area contributed by atoms with Crippen LogP contribution in [0.2, 0.25) is 0 Å². The van der Waals surface area contributed by atoms with Crippen molar-refractivity contribution < 1.29 is 19.1 Å². The fraction of sp³-hybridized carbons (Fsp3) is 0.440. The van der Waals surface area contributed by atoms with Crippen LogP contribution >= 0.6 is 0 Å². The second-order valence-corrected chi connectivity index (χ2v) is 8.56. The highest BCUT2D eigenvalue weighted by molar-refractivity contribution is 5.94. The molecule has 0 aromatic heterocycles. The second-order valence-electron chi connectivity index (χ2n) is 8.56. The Labute approximate surface area is 194 Å². The van der Waals surface area contributed by atoms with Gasteiger partial charge in [-0.25, -0.2) is 4.79 Å². The first kappa shape index (κ1) is 22.9. The van der Waals surface area contributed by atoms with Gasteiger partial charge in [-0.2, -0.15) is 0 Å². The molecule has 2 aliphatic rings. The van der Waals surface area contributed by atoms with Crippen molar-refractivity contribution in [1.82, 2.24) is 15.1 Å². The Morgan fingerprint density at radius 1 is 1.00 bits per heavy atom. The van der Waals surface area contributed by atoms with Crippen molar-refractivity contribution >= 4 is 17.6 Å². The molecular formula is C25H32N4O4. The number of nitrogens with one attached hydrogen (secondary N) is 2. The minimum atomic E-state index is -0.0685. The lowest BCUT2D eigenvalue weighted by atomic mass is 10.1. The second kappa shape index (κ2) is 10.6. The molecule has 8 nitrogen and oxygen atoms in total. The average Bonchev–Trinajstić information content (AvgIpc) is 3.69. The molecule has 2 aromatic rings. The molecule has 0 unspecified atom stereocenters. The fourth-order valence-electron chi connectivity index (χ4n) is 3.99. The van der Waals surface area contributed by atoms with Gasteiger partial charge < -0.3 is 25.0 Å². The molecule has 4 rings (SSSR count). The molecular weight excluding hydrogens is 420 g/mol. The number of nitrogens with zero attached hydrogens (tertiary/aromatic N) is 2. The summed E-state index contributed by atoms with van der Waals surface area (Å²) in [6.45, 7) is 4.07. The maximum atomic E-state index is 12.7. The van der Waals surface area contributed by atoms with Crippen LogP contribution < -0.4 is 20.1 Å². The molecule has 0 atom stereocenters. The van der Waals surface area contributed by atoms with E-state index in [1.54, 1.807) is 14.2 Å². The number of amides is 3. The molecule has 1 heterocycles. The predicted molar refractivity (Wildman–Crippen MR) is 126 cm³/mol. The highest BCUT2D eigenvalue weighted by atomic mass is 16.5. The Hall–Kier alpha value is -3.26. The third-order valence-electron chi connectivity index (χ3n) is 6.13. The maximum absolute atomic E-state index is 12.7. The van der Waals surface area contributed by atoms with Crippen LogP contribution in [-0.2, 0) is 17.9 Å². The largest absolute Gasteiger partial charge is 0.497 e. The van der Waals surface area contributed by atoms with E-state index in [1.807, 2.05) is 47.4 Å². The molecule has 1 saturated carbocycles. The third kappa shape index (κ3) is 6.16. The lowest BCUT2D eigenvalue weighted by Gasteiger charge is -2.35. The molecule has 8 heteroatoms. The quantitative estimate of drug-likeness (QED) is 0.643. The van der Waals surface area contributed by atoms with Crippen LogP contribution in [-0.4, -0.2) is 62.1 Å². The van der Waals surface area contributed by atoms with Crippen molar-refractivity contribution in [3.8, 4) is 11.5 Å². The van der Waals surface area contributed by atoms with E-state index in [1.165, 1.54) is 0 Å². The van der Waals surface area contributed by atoms with E-state index in [0.717, 1.165) is 60.8 Å². The first-order chi connectivity index (χ1) is 16.1. The lowest BCUT2D eigenvalue weighted by molar-refractivity contribution is -0.117. The number of urea groups is 1. The summed E-state index contributed by atoms with van der Waals surface area (Å²) >= 11 is 0. The van der Waals surface area contributed by atoms with Crippen molar-refractivity contribution in [3.63, 3.8) is 0 Å². The topological polar surface area (TPSA) is 83.1 Å². The third-order valence-corrected chi connectivity index (χ3v) is 6.13. The summed E-state index contributed by atoms with van der Waals surface area (Å²) in [4.78, 5) is 28.8. The van der Waals surface area contributed by atoms with Gasteiger partial charge in [0.1, 0.15) is 11.5 Å². The first-order valence-corrected chi connectivity index (χ1v) is 11.4. The Bertz CT molecular complexity index is 984. The Morgan fingerprint density at radius 2 is 1.79 bits per heavy atom. The standard InChI is InChI=1S/C25H32N4O4/c1-32-22-8-9-23(33-2)20(15-22)17-28-10-12-29(13-11-28)25(31)26-16-18-4-3-5-21(14-18)27-24(30)19-6-7-19/h3-5,8-9,14-15,19H,6-7,10-13,16-17H2,1-2H3,(H,26,31)(H,27,30). The molecule has 176 valence electrons. The molecule has 0 radical (unpaired) electrons. The van der Waals surface area contributed by atoms with Crippen molar-refractivity contribution in [2.75, 3.05) is 45.7 Å². The van der Waals surface area contributed by atoms with Gasteiger partial charge in [-0.3, -0.25) is 9.69 Å². The van der Waals surface area contributed by atoms with Gasteiger partial charge in [0.15, 0.2) is 0 Å². The monoisotopic (exact) mass is 452 g/mol. The summed E-state index contributed by atoms with van der Waals surface area (Å²) in [5.41, 5.74) is 2.81. The van der Waals surface area contributed by atoms with Gasteiger partial charge in [-0.1, -0.05) is 12.1 Å². The van der Waals surface area contributed by atoms with Crippen LogP contribution in [0.4, 0.5) is 10.5 Å². The molecule has 2 N–H and O–H groups in total. The predicted octanol–water partition coefficient (Wildman–Crippen LogP) is 3.08. The van der Waals surface area contributed by atoms with Crippen molar-refractivity contribution in [2.24, 2.45) is 5.92 Å². The number of methoxy groups -OCH3 is 2. The van der Waals surface area contributed by atoms with Gasteiger partial charge in [0, 0.05) is 56.4 Å². The average molecular weight is 453 g/mol. The van der Waals surface area contributed by atoms with Crippen LogP contribution in [0, 0.1) is 5.92 Å². The smallest absolute Gasteiger partial charge is 0.317 e. The summed E-state index contributed by atoms with van der Waals surface area (Å²) < 4.78 is 10.8. The van der Waals surface area contributed by atoms with Crippen molar-refractivity contribution in [3.05, 3.63) is 53.6 Å². The molecule has 0 spiro atoms. The van der Waals surface area contributed by atoms with E-state index in [4.69, 9.17) is 9.47 Å². The Balaban J connectivity index is 1.24. The lowest BCUT2D eigenvalue weighted by Crippen LogP contribution is -2.51. The number of anilines is 1. The van der Waals surface area contributed by atoms with Crippen LogP contribution in [0.1, 0.15) is 24.0 Å². The van der Waals surface area contributed by atoms with Crippen molar-refractivity contribution in [1.29, 1.82) is 0 Å². The molecule has 1 saturated heterocycles. The number of carbonyl (C=O) groups is 2. The number of rotatable bonds is 8. The van der Waals surface area contributed by atoms with E-state index < -0.39 is 0 Å². The highest BCUT2D eigenvalue weighted by Gasteiger charge is 2.29. The van der Waals surface area contributed by atoms with E-state index in [2.05, 4.69) is 15.5 Å². The summed E-state index contributed by atoms with van der Waals surface area (Å²) in [5.74, 6) is 1.89. The number of benzene rings is 2. The molecule has 2 fully saturated rings. The van der Waals surface area contributed by atoms with Gasteiger partial charge in [0.05, 0.1) is 14.2 Å². The first-order valence-electron chi connectivity index (χ1n) is 11.4. The zero-order chi connectivity index (χ0) is 23.2. The molecule has 0 bridgehead atoms. The van der Waals surface area contributed by atoms with E-state index in [0.29, 0.717) is 19.6 Å². The Morgan fingerprint density at radius 3 is 2.48 bits per heavy atom. The number of ether oxygens (including phenoxy) is 2. The van der Waals surface area contributed by atoms with E-state index in [-0.39, 0.29) is 17.9 Å². The molecule has 2 aromatic carbocycles. The summed E-state index contributed by atoms with van der Waals surface area (Å²) in [6.07, 6.45) is 1.95. The van der Waals surface area contributed by atoms with Gasteiger partial charge in [0.25, 0.3) is 0 Å². The zero-order valence-electron chi connectivity index (χ0n) is 19.3. The number of piperazine rings is 1. The Kier molecular flexibility index (Phi) is 7.34. The fourth-order valence-corrected chi connectivity index (χ4v) is 3.99. The molecule has 1 aliphatic heterocycles. The van der Waals surface area contributed by atoms with Crippen LogP contribution in [0.3, 0.4) is 0 Å².